The number of hydrogen-bond acceptors (Lipinski definition) is 2. The molecule has 0 unspecified atom stereocenters. The Hall–Kier alpha value is -0.880. The Morgan fingerprint density at radius 2 is 2.40 bits per heavy atom. The summed E-state index contributed by atoms with van der Waals surface area (Å²) in [5.74, 6) is 0. The van der Waals surface area contributed by atoms with Crippen LogP contribution in [0.25, 0.3) is 0 Å². The van der Waals surface area contributed by atoms with Gasteiger partial charge in [-0.2, -0.15) is 9.83 Å². The summed E-state index contributed by atoms with van der Waals surface area (Å²) in [5, 5.41) is 8.39. The zero-order valence-electron chi connectivity index (χ0n) is 6.09. The molecule has 0 aromatic carbocycles. The van der Waals surface area contributed by atoms with Crippen LogP contribution in [0.2, 0.25) is 0 Å². The van der Waals surface area contributed by atoms with Gasteiger partial charge >= 0.3 is 0 Å². The molecule has 1 aromatic heterocycles. The van der Waals surface area contributed by atoms with Crippen LogP contribution in [0.15, 0.2) is 5.51 Å². The summed E-state index contributed by atoms with van der Waals surface area (Å²) >= 11 is 1.68. The van der Waals surface area contributed by atoms with Gasteiger partial charge in [-0.1, -0.05) is 11.3 Å². The van der Waals surface area contributed by atoms with Gasteiger partial charge in [0.25, 0.3) is 0 Å². The van der Waals surface area contributed by atoms with Crippen molar-refractivity contribution in [3.63, 3.8) is 0 Å². The van der Waals surface area contributed by atoms with E-state index in [1.54, 1.807) is 11.3 Å². The van der Waals surface area contributed by atoms with Gasteiger partial charge in [0.05, 0.1) is 4.88 Å². The molecule has 0 aliphatic carbocycles. The van der Waals surface area contributed by atoms with Crippen LogP contribution in [0.4, 0.5) is 0 Å². The molecule has 52 valence electrons. The van der Waals surface area contributed by atoms with E-state index in [0.717, 1.165) is 0 Å². The molecule has 0 radical (unpaired) electrons. The Labute approximate surface area is 64.4 Å². The van der Waals surface area contributed by atoms with E-state index in [9.17, 15) is 0 Å². The van der Waals surface area contributed by atoms with Gasteiger partial charge in [0.1, 0.15) is 6.07 Å². The minimum atomic E-state index is 0.468. The highest BCUT2D eigenvalue weighted by atomic mass is 32.1. The van der Waals surface area contributed by atoms with Crippen molar-refractivity contribution >= 4 is 11.3 Å². The number of aromatic nitrogens is 1. The molecular formula is C7H9N2S+. The number of rotatable bonds is 1. The smallest absolute Gasteiger partial charge is 0.191 e. The SMILES string of the molecule is Cc1sc[n+](CC#N)c1C. The second kappa shape index (κ2) is 2.80. The number of hydrogen-bond donors (Lipinski definition) is 0. The first-order valence-electron chi connectivity index (χ1n) is 3.07. The Bertz CT molecular complexity index is 270. The van der Waals surface area contributed by atoms with Crippen molar-refractivity contribution in [1.29, 1.82) is 5.26 Å². The van der Waals surface area contributed by atoms with E-state index in [4.69, 9.17) is 5.26 Å². The Kier molecular flexibility index (Phi) is 2.03. The third kappa shape index (κ3) is 1.17. The molecule has 2 nitrogen and oxygen atoms in total. The lowest BCUT2D eigenvalue weighted by molar-refractivity contribution is -0.686. The van der Waals surface area contributed by atoms with Crippen LogP contribution in [-0.2, 0) is 6.54 Å². The fourth-order valence-electron chi connectivity index (χ4n) is 0.741. The largest absolute Gasteiger partial charge is 0.235 e. The van der Waals surface area contributed by atoms with Crippen molar-refractivity contribution in [2.45, 2.75) is 20.4 Å². The first-order valence-corrected chi connectivity index (χ1v) is 3.94. The molecule has 0 bridgehead atoms. The molecular weight excluding hydrogens is 144 g/mol. The lowest BCUT2D eigenvalue weighted by Gasteiger charge is -1.84. The molecule has 3 heteroatoms. The molecule has 0 fully saturated rings. The highest BCUT2D eigenvalue weighted by molar-refractivity contribution is 7.09. The van der Waals surface area contributed by atoms with Crippen LogP contribution in [0, 0.1) is 25.2 Å². The fraction of sp³-hybridized carbons (Fsp3) is 0.429. The van der Waals surface area contributed by atoms with Crippen LogP contribution >= 0.6 is 11.3 Å². The summed E-state index contributed by atoms with van der Waals surface area (Å²) in [7, 11) is 0. The molecule has 0 spiro atoms. The fourth-order valence-corrected chi connectivity index (χ4v) is 1.55. The van der Waals surface area contributed by atoms with Gasteiger partial charge < -0.3 is 0 Å². The Morgan fingerprint density at radius 3 is 2.80 bits per heavy atom. The number of nitrogens with zero attached hydrogens (tertiary/aromatic N) is 2. The summed E-state index contributed by atoms with van der Waals surface area (Å²) in [6, 6.07) is 2.11. The van der Waals surface area contributed by atoms with Crippen molar-refractivity contribution in [3.8, 4) is 6.07 Å². The summed E-state index contributed by atoms with van der Waals surface area (Å²) in [5.41, 5.74) is 3.18. The van der Waals surface area contributed by atoms with E-state index >= 15 is 0 Å². The minimum Gasteiger partial charge on any atom is -0.191 e. The zero-order valence-corrected chi connectivity index (χ0v) is 6.90. The van der Waals surface area contributed by atoms with Gasteiger partial charge in [-0.3, -0.25) is 0 Å². The van der Waals surface area contributed by atoms with Crippen LogP contribution in [0.3, 0.4) is 0 Å². The van der Waals surface area contributed by atoms with Crippen LogP contribution < -0.4 is 4.57 Å². The van der Waals surface area contributed by atoms with E-state index in [-0.39, 0.29) is 0 Å². The first kappa shape index (κ1) is 7.23. The molecule has 1 heterocycles. The number of thiazole rings is 1. The third-order valence-electron chi connectivity index (χ3n) is 1.54. The lowest BCUT2D eigenvalue weighted by atomic mass is 10.4. The standard InChI is InChI=1S/C7H9N2S/c1-6-7(2)10-5-9(6)4-3-8/h5H,4H2,1-2H3/q+1. The molecule has 0 amide bonds. The van der Waals surface area contributed by atoms with Gasteiger partial charge in [-0.15, -0.1) is 0 Å². The highest BCUT2D eigenvalue weighted by Gasteiger charge is 2.09. The Balaban J connectivity index is 2.96. The highest BCUT2D eigenvalue weighted by Crippen LogP contribution is 2.06. The van der Waals surface area contributed by atoms with Gasteiger partial charge in [-0.25, -0.2) is 0 Å². The van der Waals surface area contributed by atoms with E-state index in [2.05, 4.69) is 13.0 Å². The van der Waals surface area contributed by atoms with E-state index in [1.807, 2.05) is 17.0 Å². The monoisotopic (exact) mass is 153 g/mol. The van der Waals surface area contributed by atoms with E-state index < -0.39 is 0 Å². The van der Waals surface area contributed by atoms with Gasteiger partial charge in [0.15, 0.2) is 5.69 Å². The average Bonchev–Trinajstić information content (AvgIpc) is 2.20. The molecule has 1 rings (SSSR count). The van der Waals surface area contributed by atoms with Gasteiger partial charge in [-0.05, 0) is 6.92 Å². The molecule has 0 aliphatic rings. The zero-order chi connectivity index (χ0) is 7.56. The van der Waals surface area contributed by atoms with Crippen molar-refractivity contribution in [3.05, 3.63) is 16.1 Å². The second-order valence-electron chi connectivity index (χ2n) is 2.15. The molecule has 0 aliphatic heterocycles. The number of aryl methyl sites for hydroxylation is 1. The molecule has 10 heavy (non-hydrogen) atoms. The second-order valence-corrected chi connectivity index (χ2v) is 3.21. The maximum Gasteiger partial charge on any atom is 0.235 e. The predicted molar refractivity (Wildman–Crippen MR) is 39.6 cm³/mol. The minimum absolute atomic E-state index is 0.468. The van der Waals surface area contributed by atoms with E-state index in [0.29, 0.717) is 6.54 Å². The first-order chi connectivity index (χ1) is 4.75. The predicted octanol–water partition coefficient (Wildman–Crippen LogP) is 1.18. The normalized spacial score (nSPS) is 9.30. The maximum absolute atomic E-state index is 8.39. The topological polar surface area (TPSA) is 27.7 Å². The summed E-state index contributed by atoms with van der Waals surface area (Å²) in [6.07, 6.45) is 0. The molecule has 0 atom stereocenters. The molecule has 0 N–H and O–H groups in total. The summed E-state index contributed by atoms with van der Waals surface area (Å²) in [4.78, 5) is 1.29. The summed E-state index contributed by atoms with van der Waals surface area (Å²) < 4.78 is 1.96. The van der Waals surface area contributed by atoms with Crippen molar-refractivity contribution in [1.82, 2.24) is 0 Å². The molecule has 1 aromatic rings. The van der Waals surface area contributed by atoms with Crippen LogP contribution in [0.1, 0.15) is 10.6 Å². The molecule has 0 saturated heterocycles. The van der Waals surface area contributed by atoms with Crippen molar-refractivity contribution in [2.24, 2.45) is 0 Å². The lowest BCUT2D eigenvalue weighted by Crippen LogP contribution is -2.33. The van der Waals surface area contributed by atoms with E-state index in [1.165, 1.54) is 10.6 Å². The van der Waals surface area contributed by atoms with Crippen LogP contribution in [-0.4, -0.2) is 0 Å². The van der Waals surface area contributed by atoms with Gasteiger partial charge in [0.2, 0.25) is 12.1 Å². The van der Waals surface area contributed by atoms with Crippen molar-refractivity contribution < 1.29 is 4.57 Å². The Morgan fingerprint density at radius 1 is 1.70 bits per heavy atom. The quantitative estimate of drug-likeness (QED) is 0.557. The average molecular weight is 153 g/mol. The number of nitriles is 1. The third-order valence-corrected chi connectivity index (χ3v) is 2.55. The van der Waals surface area contributed by atoms with Gasteiger partial charge in [0, 0.05) is 6.92 Å². The van der Waals surface area contributed by atoms with Crippen molar-refractivity contribution in [2.75, 3.05) is 0 Å². The molecule has 0 saturated carbocycles. The maximum atomic E-state index is 8.39. The summed E-state index contributed by atoms with van der Waals surface area (Å²) in [6.45, 7) is 4.56. The van der Waals surface area contributed by atoms with Crippen LogP contribution in [0.5, 0.6) is 0 Å².